The van der Waals surface area contributed by atoms with Crippen LogP contribution < -0.4 is 0 Å². The van der Waals surface area contributed by atoms with Crippen LogP contribution >= 0.6 is 0 Å². The van der Waals surface area contributed by atoms with Crippen LogP contribution in [0.15, 0.2) is 0 Å². The predicted octanol–water partition coefficient (Wildman–Crippen LogP) is 1.76. The van der Waals surface area contributed by atoms with Gasteiger partial charge >= 0.3 is 5.97 Å². The number of carboxylic acids is 1. The smallest absolute Gasteiger partial charge is 0.307 e. The molecule has 1 saturated heterocycles. The molecule has 1 aromatic rings. The molecule has 0 bridgehead atoms. The highest BCUT2D eigenvalue weighted by Crippen LogP contribution is 2.34. The zero-order valence-corrected chi connectivity index (χ0v) is 12.8. The number of carbonyl (C=O) groups is 1. The van der Waals surface area contributed by atoms with Gasteiger partial charge < -0.3 is 14.6 Å². The first-order valence-electron chi connectivity index (χ1n) is 7.26. The van der Waals surface area contributed by atoms with E-state index in [1.807, 2.05) is 20.8 Å². The number of ether oxygens (including phenoxy) is 2. The Balaban J connectivity index is 2.40. The van der Waals surface area contributed by atoms with E-state index in [0.29, 0.717) is 42.6 Å². The van der Waals surface area contributed by atoms with Crippen molar-refractivity contribution in [2.45, 2.75) is 45.6 Å². The summed E-state index contributed by atoms with van der Waals surface area (Å²) in [4.78, 5) is 20.0. The van der Waals surface area contributed by atoms with E-state index in [9.17, 15) is 4.79 Å². The Morgan fingerprint density at radius 1 is 1.29 bits per heavy atom. The van der Waals surface area contributed by atoms with Crippen LogP contribution in [-0.2, 0) is 26.3 Å². The van der Waals surface area contributed by atoms with Gasteiger partial charge in [0, 0.05) is 49.6 Å². The van der Waals surface area contributed by atoms with Crippen LogP contribution in [-0.4, -0.2) is 40.9 Å². The van der Waals surface area contributed by atoms with Crippen LogP contribution in [0.5, 0.6) is 0 Å². The summed E-state index contributed by atoms with van der Waals surface area (Å²) in [7, 11) is 0. The minimum absolute atomic E-state index is 0.0529. The van der Waals surface area contributed by atoms with Gasteiger partial charge in [-0.05, 0) is 20.8 Å². The third-order valence-electron chi connectivity index (χ3n) is 3.88. The topological polar surface area (TPSA) is 81.5 Å². The first-order valence-corrected chi connectivity index (χ1v) is 7.26. The van der Waals surface area contributed by atoms with Crippen LogP contribution in [0.1, 0.15) is 42.5 Å². The van der Waals surface area contributed by atoms with E-state index in [2.05, 4.69) is 9.97 Å². The van der Waals surface area contributed by atoms with Gasteiger partial charge in [-0.1, -0.05) is 0 Å². The van der Waals surface area contributed by atoms with E-state index >= 15 is 0 Å². The molecule has 0 saturated carbocycles. The molecule has 1 aromatic heterocycles. The van der Waals surface area contributed by atoms with Crippen molar-refractivity contribution in [1.29, 1.82) is 0 Å². The summed E-state index contributed by atoms with van der Waals surface area (Å²) in [5.41, 5.74) is 1.60. The number of carboxylic acid groups (broad SMARTS) is 1. The normalized spacial score (nSPS) is 17.7. The summed E-state index contributed by atoms with van der Waals surface area (Å²) in [5, 5.41) is 8.97. The van der Waals surface area contributed by atoms with Gasteiger partial charge in [0.15, 0.2) is 5.82 Å². The average Bonchev–Trinajstić information content (AvgIpc) is 2.44. The van der Waals surface area contributed by atoms with E-state index < -0.39 is 11.6 Å². The molecule has 2 rings (SSSR count). The van der Waals surface area contributed by atoms with Crippen molar-refractivity contribution in [3.8, 4) is 0 Å². The second kappa shape index (κ2) is 6.49. The van der Waals surface area contributed by atoms with E-state index in [-0.39, 0.29) is 6.42 Å². The maximum atomic E-state index is 10.9. The Labute approximate surface area is 124 Å². The molecule has 116 valence electrons. The molecule has 1 fully saturated rings. The zero-order chi connectivity index (χ0) is 15.5. The molecule has 6 heteroatoms. The molecule has 0 aromatic carbocycles. The zero-order valence-electron chi connectivity index (χ0n) is 12.8. The number of aryl methyl sites for hydroxylation is 2. The summed E-state index contributed by atoms with van der Waals surface area (Å²) < 4.78 is 11.4. The van der Waals surface area contributed by atoms with Gasteiger partial charge in [-0.2, -0.15) is 0 Å². The van der Waals surface area contributed by atoms with Gasteiger partial charge in [0.25, 0.3) is 0 Å². The second-order valence-electron chi connectivity index (χ2n) is 5.31. The quantitative estimate of drug-likeness (QED) is 0.891. The molecule has 0 amide bonds. The summed E-state index contributed by atoms with van der Waals surface area (Å²) in [6.45, 7) is 7.44. The molecule has 0 atom stereocenters. The molecular weight excluding hydrogens is 272 g/mol. The second-order valence-corrected chi connectivity index (χ2v) is 5.31. The maximum absolute atomic E-state index is 10.9. The third-order valence-corrected chi connectivity index (χ3v) is 3.88. The van der Waals surface area contributed by atoms with E-state index in [0.717, 1.165) is 12.8 Å². The fourth-order valence-corrected chi connectivity index (χ4v) is 2.76. The highest BCUT2D eigenvalue weighted by molar-refractivity contribution is 5.70. The molecule has 0 aliphatic carbocycles. The first-order chi connectivity index (χ1) is 9.98. The predicted molar refractivity (Wildman–Crippen MR) is 76.2 cm³/mol. The average molecular weight is 294 g/mol. The Hall–Kier alpha value is -1.53. The van der Waals surface area contributed by atoms with Gasteiger partial charge in [0.05, 0.1) is 6.42 Å². The van der Waals surface area contributed by atoms with Gasteiger partial charge in [0.2, 0.25) is 0 Å². The first kappa shape index (κ1) is 15.9. The summed E-state index contributed by atoms with van der Waals surface area (Å²) in [5.74, 6) is -0.222. The minimum Gasteiger partial charge on any atom is -0.481 e. The van der Waals surface area contributed by atoms with E-state index in [1.165, 1.54) is 0 Å². The molecule has 0 spiro atoms. The number of hydrogen-bond donors (Lipinski definition) is 1. The molecule has 0 unspecified atom stereocenters. The number of aliphatic carboxylic acids is 1. The molecule has 0 radical (unpaired) electrons. The number of rotatable bonds is 5. The van der Waals surface area contributed by atoms with Gasteiger partial charge in [-0.25, -0.2) is 9.97 Å². The van der Waals surface area contributed by atoms with Gasteiger partial charge in [-0.3, -0.25) is 4.79 Å². The fourth-order valence-electron chi connectivity index (χ4n) is 2.76. The number of nitrogens with zero attached hydrogens (tertiary/aromatic N) is 2. The molecular formula is C15H22N2O4. The molecule has 1 aliphatic heterocycles. The lowest BCUT2D eigenvalue weighted by Crippen LogP contribution is -2.39. The Bertz CT molecular complexity index is 496. The van der Waals surface area contributed by atoms with Crippen molar-refractivity contribution in [2.24, 2.45) is 0 Å². The van der Waals surface area contributed by atoms with Crippen molar-refractivity contribution < 1.29 is 19.4 Å². The third kappa shape index (κ3) is 3.39. The van der Waals surface area contributed by atoms with Crippen molar-refractivity contribution in [3.05, 3.63) is 22.8 Å². The molecule has 21 heavy (non-hydrogen) atoms. The molecule has 1 aliphatic rings. The maximum Gasteiger partial charge on any atom is 0.307 e. The Kier molecular flexibility index (Phi) is 4.90. The monoisotopic (exact) mass is 294 g/mol. The fraction of sp³-hybridized carbons (Fsp3) is 0.667. The number of aromatic nitrogens is 2. The van der Waals surface area contributed by atoms with E-state index in [1.54, 1.807) is 0 Å². The van der Waals surface area contributed by atoms with Gasteiger partial charge in [-0.15, -0.1) is 0 Å². The van der Waals surface area contributed by atoms with Crippen molar-refractivity contribution in [2.75, 3.05) is 19.8 Å². The van der Waals surface area contributed by atoms with Crippen LogP contribution in [0.3, 0.4) is 0 Å². The highest BCUT2D eigenvalue weighted by Gasteiger charge is 2.38. The SMILES string of the molecule is CCOC1(c2nc(C)c(CC(=O)O)c(C)n2)CCOCC1. The van der Waals surface area contributed by atoms with Crippen LogP contribution in [0, 0.1) is 13.8 Å². The van der Waals surface area contributed by atoms with Crippen molar-refractivity contribution >= 4 is 5.97 Å². The van der Waals surface area contributed by atoms with Crippen LogP contribution in [0.4, 0.5) is 0 Å². The summed E-state index contributed by atoms with van der Waals surface area (Å²) >= 11 is 0. The Morgan fingerprint density at radius 3 is 2.33 bits per heavy atom. The van der Waals surface area contributed by atoms with Crippen molar-refractivity contribution in [3.63, 3.8) is 0 Å². The largest absolute Gasteiger partial charge is 0.481 e. The van der Waals surface area contributed by atoms with Crippen LogP contribution in [0.25, 0.3) is 0 Å². The van der Waals surface area contributed by atoms with Crippen LogP contribution in [0.2, 0.25) is 0 Å². The van der Waals surface area contributed by atoms with Crippen molar-refractivity contribution in [1.82, 2.24) is 9.97 Å². The molecule has 6 nitrogen and oxygen atoms in total. The lowest BCUT2D eigenvalue weighted by Gasteiger charge is -2.35. The summed E-state index contributed by atoms with van der Waals surface area (Å²) in [6.07, 6.45) is 1.39. The lowest BCUT2D eigenvalue weighted by atomic mass is 9.92. The Morgan fingerprint density at radius 2 is 1.86 bits per heavy atom. The molecule has 2 heterocycles. The molecule has 1 N–H and O–H groups in total. The summed E-state index contributed by atoms with van der Waals surface area (Å²) in [6, 6.07) is 0. The van der Waals surface area contributed by atoms with E-state index in [4.69, 9.17) is 14.6 Å². The van der Waals surface area contributed by atoms with Gasteiger partial charge in [0.1, 0.15) is 5.60 Å². The number of hydrogen-bond acceptors (Lipinski definition) is 5. The minimum atomic E-state index is -0.872. The standard InChI is InChI=1S/C15H22N2O4/c1-4-21-15(5-7-20-8-6-15)14-16-10(2)12(9-13(18)19)11(3)17-14/h4-9H2,1-3H3,(H,18,19). The lowest BCUT2D eigenvalue weighted by molar-refractivity contribution is -0.136. The highest BCUT2D eigenvalue weighted by atomic mass is 16.5.